The van der Waals surface area contributed by atoms with Crippen LogP contribution in [-0.2, 0) is 6.42 Å². The standard InChI is InChI=1S/C15H17F7O/c1-9(2)7-10-3-5-11(6-4-10)12(23)8-13(16,14(17,18)19)15(20,21)22/h3-6,9,12,23H,7-8H2,1-2H3. The molecule has 0 aliphatic rings. The maximum Gasteiger partial charge on any atom is 0.431 e. The lowest BCUT2D eigenvalue weighted by Crippen LogP contribution is -2.54. The van der Waals surface area contributed by atoms with Crippen LogP contribution in [0.15, 0.2) is 24.3 Å². The van der Waals surface area contributed by atoms with Crippen LogP contribution in [0.3, 0.4) is 0 Å². The quantitative estimate of drug-likeness (QED) is 0.732. The van der Waals surface area contributed by atoms with E-state index in [0.717, 1.165) is 5.56 Å². The predicted molar refractivity (Wildman–Crippen MR) is 70.5 cm³/mol. The molecule has 0 fully saturated rings. The summed E-state index contributed by atoms with van der Waals surface area (Å²) in [4.78, 5) is 0. The van der Waals surface area contributed by atoms with Crippen LogP contribution in [0.1, 0.15) is 37.5 Å². The molecule has 0 saturated heterocycles. The topological polar surface area (TPSA) is 20.2 Å². The summed E-state index contributed by atoms with van der Waals surface area (Å²) in [7, 11) is 0. The third-order valence-corrected chi connectivity index (χ3v) is 3.38. The molecule has 0 saturated carbocycles. The lowest BCUT2D eigenvalue weighted by atomic mass is 9.92. The molecule has 0 heterocycles. The Morgan fingerprint density at radius 1 is 0.870 bits per heavy atom. The number of aliphatic hydroxyl groups excluding tert-OH is 1. The molecule has 23 heavy (non-hydrogen) atoms. The maximum absolute atomic E-state index is 13.6. The summed E-state index contributed by atoms with van der Waals surface area (Å²) in [5.74, 6) is 0.305. The van der Waals surface area contributed by atoms with Crippen LogP contribution < -0.4 is 0 Å². The molecule has 0 aliphatic heterocycles. The van der Waals surface area contributed by atoms with Crippen molar-refractivity contribution in [3.8, 4) is 0 Å². The molecule has 1 aromatic rings. The fraction of sp³-hybridized carbons (Fsp3) is 0.600. The Bertz CT molecular complexity index is 488. The normalized spacial score (nSPS) is 15.1. The van der Waals surface area contributed by atoms with Gasteiger partial charge in [0.15, 0.2) is 0 Å². The number of hydrogen-bond acceptors (Lipinski definition) is 1. The van der Waals surface area contributed by atoms with E-state index in [2.05, 4.69) is 0 Å². The zero-order valence-electron chi connectivity index (χ0n) is 12.5. The van der Waals surface area contributed by atoms with Gasteiger partial charge in [-0.1, -0.05) is 38.1 Å². The van der Waals surface area contributed by atoms with E-state index in [1.807, 2.05) is 13.8 Å². The van der Waals surface area contributed by atoms with Gasteiger partial charge in [0, 0.05) is 6.42 Å². The van der Waals surface area contributed by atoms with E-state index in [1.54, 1.807) is 0 Å². The van der Waals surface area contributed by atoms with Gasteiger partial charge in [-0.15, -0.1) is 0 Å². The van der Waals surface area contributed by atoms with Crippen LogP contribution >= 0.6 is 0 Å². The Morgan fingerprint density at radius 2 is 1.30 bits per heavy atom. The van der Waals surface area contributed by atoms with Gasteiger partial charge >= 0.3 is 18.0 Å². The molecule has 0 aromatic heterocycles. The van der Waals surface area contributed by atoms with E-state index < -0.39 is 30.5 Å². The van der Waals surface area contributed by atoms with Gasteiger partial charge in [-0.05, 0) is 23.5 Å². The number of rotatable bonds is 5. The first-order valence-electron chi connectivity index (χ1n) is 6.87. The molecule has 1 atom stereocenters. The predicted octanol–water partition coefficient (Wildman–Crippen LogP) is 5.14. The van der Waals surface area contributed by atoms with Crippen molar-refractivity contribution in [1.82, 2.24) is 0 Å². The smallest absolute Gasteiger partial charge is 0.388 e. The number of hydrogen-bond donors (Lipinski definition) is 1. The number of halogens is 7. The maximum atomic E-state index is 13.6. The van der Waals surface area contributed by atoms with Crippen LogP contribution in [-0.4, -0.2) is 23.1 Å². The van der Waals surface area contributed by atoms with E-state index in [-0.39, 0.29) is 5.56 Å². The first kappa shape index (κ1) is 19.7. The average molecular weight is 346 g/mol. The summed E-state index contributed by atoms with van der Waals surface area (Å²) in [6.07, 6.45) is -16.0. The third-order valence-electron chi connectivity index (χ3n) is 3.38. The summed E-state index contributed by atoms with van der Waals surface area (Å²) >= 11 is 0. The number of benzene rings is 1. The van der Waals surface area contributed by atoms with E-state index in [1.165, 1.54) is 24.3 Å². The van der Waals surface area contributed by atoms with Crippen molar-refractivity contribution in [1.29, 1.82) is 0 Å². The van der Waals surface area contributed by atoms with Gasteiger partial charge in [-0.3, -0.25) is 0 Å². The molecular weight excluding hydrogens is 329 g/mol. The minimum Gasteiger partial charge on any atom is -0.388 e. The van der Waals surface area contributed by atoms with Crippen molar-refractivity contribution in [3.05, 3.63) is 35.4 Å². The highest BCUT2D eigenvalue weighted by Gasteiger charge is 2.72. The van der Waals surface area contributed by atoms with Crippen LogP contribution in [0.25, 0.3) is 0 Å². The molecule has 1 aromatic carbocycles. The fourth-order valence-corrected chi connectivity index (χ4v) is 2.12. The Kier molecular flexibility index (Phi) is 5.72. The molecule has 0 aliphatic carbocycles. The van der Waals surface area contributed by atoms with Crippen molar-refractivity contribution in [3.63, 3.8) is 0 Å². The van der Waals surface area contributed by atoms with Crippen molar-refractivity contribution < 1.29 is 35.8 Å². The molecule has 8 heteroatoms. The van der Waals surface area contributed by atoms with Crippen LogP contribution in [0.5, 0.6) is 0 Å². The molecule has 0 amide bonds. The number of alkyl halides is 7. The largest absolute Gasteiger partial charge is 0.431 e. The zero-order valence-corrected chi connectivity index (χ0v) is 12.5. The Morgan fingerprint density at radius 3 is 1.65 bits per heavy atom. The zero-order chi connectivity index (χ0) is 18.1. The van der Waals surface area contributed by atoms with E-state index >= 15 is 0 Å². The molecule has 0 spiro atoms. The highest BCUT2D eigenvalue weighted by molar-refractivity contribution is 5.25. The molecule has 132 valence electrons. The molecule has 0 bridgehead atoms. The van der Waals surface area contributed by atoms with Crippen molar-refractivity contribution in [2.45, 2.75) is 50.8 Å². The third kappa shape index (κ3) is 4.59. The Labute approximate surface area is 129 Å². The first-order valence-corrected chi connectivity index (χ1v) is 6.87. The number of aliphatic hydroxyl groups is 1. The molecule has 0 radical (unpaired) electrons. The van der Waals surface area contributed by atoms with E-state index in [0.29, 0.717) is 12.3 Å². The molecule has 1 rings (SSSR count). The summed E-state index contributed by atoms with van der Waals surface area (Å²) in [5, 5.41) is 9.62. The second-order valence-corrected chi connectivity index (χ2v) is 5.86. The molecule has 1 unspecified atom stereocenters. The summed E-state index contributed by atoms with van der Waals surface area (Å²) in [6.45, 7) is 3.87. The Balaban J connectivity index is 2.98. The minimum atomic E-state index is -6.16. The van der Waals surface area contributed by atoms with Gasteiger partial charge in [0.2, 0.25) is 0 Å². The molecule has 1 nitrogen and oxygen atoms in total. The average Bonchev–Trinajstić information content (AvgIpc) is 2.35. The van der Waals surface area contributed by atoms with Gasteiger partial charge < -0.3 is 5.11 Å². The van der Waals surface area contributed by atoms with Crippen LogP contribution in [0.4, 0.5) is 30.7 Å². The lowest BCUT2D eigenvalue weighted by Gasteiger charge is -2.31. The summed E-state index contributed by atoms with van der Waals surface area (Å²) in [6, 6.07) is 5.38. The molecular formula is C15H17F7O. The first-order chi connectivity index (χ1) is 10.3. The van der Waals surface area contributed by atoms with Crippen LogP contribution in [0.2, 0.25) is 0 Å². The van der Waals surface area contributed by atoms with Crippen molar-refractivity contribution in [2.75, 3.05) is 0 Å². The monoisotopic (exact) mass is 346 g/mol. The highest BCUT2D eigenvalue weighted by atomic mass is 19.4. The van der Waals surface area contributed by atoms with Gasteiger partial charge in [0.25, 0.3) is 0 Å². The second-order valence-electron chi connectivity index (χ2n) is 5.86. The van der Waals surface area contributed by atoms with Gasteiger partial charge in [-0.2, -0.15) is 26.3 Å². The SMILES string of the molecule is CC(C)Cc1ccc(C(O)CC(F)(C(F)(F)F)C(F)(F)F)cc1. The molecule has 1 N–H and O–H groups in total. The Hall–Kier alpha value is -1.31. The minimum absolute atomic E-state index is 0.201. The highest BCUT2D eigenvalue weighted by Crippen LogP contribution is 2.50. The van der Waals surface area contributed by atoms with Gasteiger partial charge in [0.05, 0.1) is 6.10 Å². The van der Waals surface area contributed by atoms with Gasteiger partial charge in [0.1, 0.15) is 0 Å². The fourth-order valence-electron chi connectivity index (χ4n) is 2.12. The lowest BCUT2D eigenvalue weighted by molar-refractivity contribution is -0.347. The second kappa shape index (κ2) is 6.67. The van der Waals surface area contributed by atoms with E-state index in [9.17, 15) is 35.8 Å². The summed E-state index contributed by atoms with van der Waals surface area (Å²) < 4.78 is 88.4. The van der Waals surface area contributed by atoms with Crippen molar-refractivity contribution >= 4 is 0 Å². The van der Waals surface area contributed by atoms with Crippen LogP contribution in [0, 0.1) is 5.92 Å². The summed E-state index contributed by atoms with van der Waals surface area (Å²) in [5.41, 5.74) is -4.85. The van der Waals surface area contributed by atoms with Gasteiger partial charge in [-0.25, -0.2) is 4.39 Å². The van der Waals surface area contributed by atoms with E-state index in [4.69, 9.17) is 0 Å². The van der Waals surface area contributed by atoms with Crippen molar-refractivity contribution in [2.24, 2.45) is 5.92 Å².